The molecule has 0 saturated carbocycles. The molecule has 0 aliphatic carbocycles. The summed E-state index contributed by atoms with van der Waals surface area (Å²) < 4.78 is 7.37. The molecule has 1 aliphatic heterocycles. The van der Waals surface area contributed by atoms with E-state index in [0.29, 0.717) is 17.6 Å². The topological polar surface area (TPSA) is 93.3 Å². The molecular weight excluding hydrogens is 280 g/mol. The largest absolute Gasteiger partial charge is 0.388 e. The highest BCUT2D eigenvalue weighted by Crippen LogP contribution is 2.33. The highest BCUT2D eigenvalue weighted by Gasteiger charge is 2.43. The third kappa shape index (κ3) is 1.99. The quantitative estimate of drug-likeness (QED) is 0.632. The van der Waals surface area contributed by atoms with Gasteiger partial charge in [-0.1, -0.05) is 6.92 Å². The van der Waals surface area contributed by atoms with Crippen LogP contribution in [-0.4, -0.2) is 54.3 Å². The fourth-order valence-corrected chi connectivity index (χ4v) is 2.95. The van der Waals surface area contributed by atoms with Crippen molar-refractivity contribution in [3.8, 4) is 0 Å². The van der Waals surface area contributed by atoms with Gasteiger partial charge in [-0.3, -0.25) is 4.57 Å². The van der Waals surface area contributed by atoms with E-state index in [4.69, 9.17) is 4.74 Å². The second-order valence-corrected chi connectivity index (χ2v) is 5.46. The van der Waals surface area contributed by atoms with E-state index in [9.17, 15) is 10.2 Å². The van der Waals surface area contributed by atoms with Gasteiger partial charge in [0.1, 0.15) is 29.1 Å². The van der Waals surface area contributed by atoms with Crippen LogP contribution >= 0.6 is 11.8 Å². The number of rotatable bonds is 3. The molecular formula is C12H16N4O3S. The predicted molar refractivity (Wildman–Crippen MR) is 73.3 cm³/mol. The Labute approximate surface area is 120 Å². The smallest absolute Gasteiger partial charge is 0.166 e. The minimum atomic E-state index is -0.995. The van der Waals surface area contributed by atoms with Gasteiger partial charge in [-0.05, 0) is 12.7 Å². The monoisotopic (exact) mass is 296 g/mol. The van der Waals surface area contributed by atoms with Gasteiger partial charge in [-0.25, -0.2) is 15.0 Å². The third-order valence-corrected chi connectivity index (χ3v) is 4.22. The molecule has 108 valence electrons. The lowest BCUT2D eigenvalue weighted by atomic mass is 10.1. The van der Waals surface area contributed by atoms with Crippen molar-refractivity contribution >= 4 is 22.9 Å². The van der Waals surface area contributed by atoms with Crippen molar-refractivity contribution < 1.29 is 14.9 Å². The molecule has 2 aromatic heterocycles. The standard InChI is InChI=1S/C12H16N4O3S/c1-3-6-8(17)9(18)12(19-6)16-5-15-7-10(16)13-4-14-11(7)20-2/h4-6,8-9,12,17-18H,3H2,1-2H3/t6-,8-,9-,12-/m1/s1. The fraction of sp³-hybridized carbons (Fsp3) is 0.583. The molecule has 0 aromatic carbocycles. The lowest BCUT2D eigenvalue weighted by Gasteiger charge is -2.16. The van der Waals surface area contributed by atoms with Crippen molar-refractivity contribution in [1.82, 2.24) is 19.5 Å². The highest BCUT2D eigenvalue weighted by atomic mass is 32.2. The van der Waals surface area contributed by atoms with E-state index < -0.39 is 18.4 Å². The summed E-state index contributed by atoms with van der Waals surface area (Å²) >= 11 is 1.48. The number of ether oxygens (including phenoxy) is 1. The summed E-state index contributed by atoms with van der Waals surface area (Å²) in [6.07, 6.45) is 2.62. The van der Waals surface area contributed by atoms with E-state index in [2.05, 4.69) is 15.0 Å². The van der Waals surface area contributed by atoms with Crippen LogP contribution in [0, 0.1) is 0 Å². The maximum atomic E-state index is 10.1. The van der Waals surface area contributed by atoms with Gasteiger partial charge in [-0.2, -0.15) is 0 Å². The van der Waals surface area contributed by atoms with Crippen molar-refractivity contribution in [2.45, 2.75) is 42.9 Å². The molecule has 0 spiro atoms. The Bertz CT molecular complexity index is 620. The minimum absolute atomic E-state index is 0.380. The van der Waals surface area contributed by atoms with Gasteiger partial charge in [-0.15, -0.1) is 11.8 Å². The third-order valence-electron chi connectivity index (χ3n) is 3.53. The van der Waals surface area contributed by atoms with Crippen molar-refractivity contribution in [2.75, 3.05) is 6.26 Å². The normalized spacial score (nSPS) is 30.2. The summed E-state index contributed by atoms with van der Waals surface area (Å²) in [5, 5.41) is 20.9. The first-order valence-corrected chi connectivity index (χ1v) is 7.63. The van der Waals surface area contributed by atoms with Crippen LogP contribution in [0.15, 0.2) is 17.7 Å². The van der Waals surface area contributed by atoms with Crippen molar-refractivity contribution in [1.29, 1.82) is 0 Å². The number of aliphatic hydroxyl groups excluding tert-OH is 2. The second kappa shape index (κ2) is 5.28. The second-order valence-electron chi connectivity index (χ2n) is 4.66. The number of hydrogen-bond acceptors (Lipinski definition) is 7. The van der Waals surface area contributed by atoms with Crippen LogP contribution in [0.1, 0.15) is 19.6 Å². The number of fused-ring (bicyclic) bond motifs is 1. The average molecular weight is 296 g/mol. The maximum absolute atomic E-state index is 10.1. The molecule has 20 heavy (non-hydrogen) atoms. The van der Waals surface area contributed by atoms with Gasteiger partial charge in [0.2, 0.25) is 0 Å². The summed E-state index contributed by atoms with van der Waals surface area (Å²) in [7, 11) is 0. The van der Waals surface area contributed by atoms with Crippen molar-refractivity contribution in [3.05, 3.63) is 12.7 Å². The molecule has 8 heteroatoms. The molecule has 3 heterocycles. The molecule has 7 nitrogen and oxygen atoms in total. The van der Waals surface area contributed by atoms with Gasteiger partial charge in [0, 0.05) is 0 Å². The molecule has 0 unspecified atom stereocenters. The Balaban J connectivity index is 2.03. The number of hydrogen-bond donors (Lipinski definition) is 2. The van der Waals surface area contributed by atoms with Crippen LogP contribution in [0.25, 0.3) is 11.2 Å². The predicted octanol–water partition coefficient (Wildman–Crippen LogP) is 0.577. The van der Waals surface area contributed by atoms with Crippen LogP contribution in [0.3, 0.4) is 0 Å². The van der Waals surface area contributed by atoms with E-state index in [-0.39, 0.29) is 6.10 Å². The molecule has 1 aliphatic rings. The molecule has 2 N–H and O–H groups in total. The van der Waals surface area contributed by atoms with Crippen LogP contribution < -0.4 is 0 Å². The first kappa shape index (κ1) is 13.7. The summed E-state index contributed by atoms with van der Waals surface area (Å²) in [5.74, 6) is 0. The Hall–Kier alpha value is -1.22. The lowest BCUT2D eigenvalue weighted by molar-refractivity contribution is -0.0355. The van der Waals surface area contributed by atoms with Gasteiger partial charge in [0.05, 0.1) is 12.4 Å². The maximum Gasteiger partial charge on any atom is 0.166 e. The zero-order valence-corrected chi connectivity index (χ0v) is 12.0. The fourth-order valence-electron chi connectivity index (χ4n) is 2.46. The zero-order valence-electron chi connectivity index (χ0n) is 11.2. The van der Waals surface area contributed by atoms with E-state index in [1.165, 1.54) is 18.1 Å². The Morgan fingerprint density at radius 3 is 2.75 bits per heavy atom. The van der Waals surface area contributed by atoms with Crippen molar-refractivity contribution in [3.63, 3.8) is 0 Å². The molecule has 3 rings (SSSR count). The average Bonchev–Trinajstić information content (AvgIpc) is 3.01. The van der Waals surface area contributed by atoms with E-state index in [1.54, 1.807) is 10.9 Å². The molecule has 1 saturated heterocycles. The van der Waals surface area contributed by atoms with Crippen LogP contribution in [0.4, 0.5) is 0 Å². The number of nitrogens with zero attached hydrogens (tertiary/aromatic N) is 4. The summed E-state index contributed by atoms with van der Waals surface area (Å²) in [5.41, 5.74) is 1.27. The van der Waals surface area contributed by atoms with E-state index in [0.717, 1.165) is 5.03 Å². The first-order valence-electron chi connectivity index (χ1n) is 6.40. The molecule has 0 bridgehead atoms. The number of thioether (sulfide) groups is 1. The molecule has 0 radical (unpaired) electrons. The van der Waals surface area contributed by atoms with Gasteiger partial charge >= 0.3 is 0 Å². The SMILES string of the molecule is CC[C@H]1O[C@@H](n2cnc3c(SC)ncnc32)[C@H](O)[C@@H]1O. The van der Waals surface area contributed by atoms with E-state index >= 15 is 0 Å². The number of aliphatic hydroxyl groups is 2. The van der Waals surface area contributed by atoms with Crippen LogP contribution in [0.5, 0.6) is 0 Å². The van der Waals surface area contributed by atoms with Gasteiger partial charge in [0.15, 0.2) is 11.9 Å². The summed E-state index contributed by atoms with van der Waals surface area (Å²) in [6, 6.07) is 0. The Kier molecular flexibility index (Phi) is 3.63. The van der Waals surface area contributed by atoms with E-state index in [1.807, 2.05) is 13.2 Å². The number of aromatic nitrogens is 4. The first-order chi connectivity index (χ1) is 9.67. The van der Waals surface area contributed by atoms with Crippen molar-refractivity contribution in [2.24, 2.45) is 0 Å². The Morgan fingerprint density at radius 1 is 1.30 bits per heavy atom. The summed E-state index contributed by atoms with van der Waals surface area (Å²) in [4.78, 5) is 12.7. The highest BCUT2D eigenvalue weighted by molar-refractivity contribution is 7.98. The Morgan fingerprint density at radius 2 is 2.10 bits per heavy atom. The molecule has 2 aromatic rings. The number of imidazole rings is 1. The van der Waals surface area contributed by atoms with Crippen LogP contribution in [-0.2, 0) is 4.74 Å². The lowest BCUT2D eigenvalue weighted by Crippen LogP contribution is -2.31. The van der Waals surface area contributed by atoms with Gasteiger partial charge in [0.25, 0.3) is 0 Å². The molecule has 1 fully saturated rings. The minimum Gasteiger partial charge on any atom is -0.388 e. The summed E-state index contributed by atoms with van der Waals surface area (Å²) in [6.45, 7) is 1.91. The van der Waals surface area contributed by atoms with Gasteiger partial charge < -0.3 is 14.9 Å². The molecule has 4 atom stereocenters. The zero-order chi connectivity index (χ0) is 14.3. The van der Waals surface area contributed by atoms with Crippen LogP contribution in [0.2, 0.25) is 0 Å². The molecule has 0 amide bonds.